The maximum atomic E-state index is 13.3. The summed E-state index contributed by atoms with van der Waals surface area (Å²) in [5.74, 6) is -0.375. The molecule has 1 nitrogen and oxygen atoms in total. The summed E-state index contributed by atoms with van der Waals surface area (Å²) in [4.78, 5) is 0. The standard InChI is InChI=1S/C26H20F6.C6H7N/c27-25(28,29)19-12-18(13-20(14-19)26(30,31)32)16-6-8-22-17(11-16)7-10-23-21-4-2-1-3-15(21)5-9-24(22)23;1-2-4-6-7-5-3-1/h1-4,7,10,12-14,16H,5-6,8-9,11H2;1-7H. The predicted molar refractivity (Wildman–Crippen MR) is 141 cm³/mol. The highest BCUT2D eigenvalue weighted by Gasteiger charge is 2.38. The van der Waals surface area contributed by atoms with Gasteiger partial charge in [-0.25, -0.2) is 0 Å². The first-order valence-corrected chi connectivity index (χ1v) is 12.9. The molecule has 0 radical (unpaired) electrons. The quantitative estimate of drug-likeness (QED) is 0.305. The lowest BCUT2D eigenvalue weighted by molar-refractivity contribution is -0.143. The highest BCUT2D eigenvalue weighted by atomic mass is 19.4. The van der Waals surface area contributed by atoms with Crippen molar-refractivity contribution in [2.24, 2.45) is 0 Å². The van der Waals surface area contributed by atoms with E-state index < -0.39 is 23.5 Å². The second-order valence-corrected chi connectivity index (χ2v) is 9.94. The van der Waals surface area contributed by atoms with E-state index in [9.17, 15) is 26.3 Å². The lowest BCUT2D eigenvalue weighted by Crippen LogP contribution is -2.19. The predicted octanol–water partition coefficient (Wildman–Crippen LogP) is 8.94. The number of hydrogen-bond donors (Lipinski definition) is 1. The average Bonchev–Trinajstić information content (AvgIpc) is 3.25. The van der Waals surface area contributed by atoms with Gasteiger partial charge in [-0.3, -0.25) is 0 Å². The van der Waals surface area contributed by atoms with Crippen LogP contribution in [0.1, 0.15) is 51.3 Å². The Morgan fingerprint density at radius 3 is 1.95 bits per heavy atom. The number of alkyl halides is 6. The first-order valence-electron chi connectivity index (χ1n) is 12.9. The Balaban J connectivity index is 0.000000384. The van der Waals surface area contributed by atoms with Gasteiger partial charge in [-0.2, -0.15) is 26.3 Å². The molecule has 1 aliphatic heterocycles. The van der Waals surface area contributed by atoms with Gasteiger partial charge in [-0.15, -0.1) is 0 Å². The van der Waals surface area contributed by atoms with Crippen LogP contribution >= 0.6 is 0 Å². The SMILES string of the molecule is C1=CC=CNC=C1.FC(F)(F)c1cc(C2CCc3c(ccc4c3CCc3ccccc3-4)C2)cc(C(F)(F)F)c1. The first kappa shape index (κ1) is 26.9. The molecule has 0 fully saturated rings. The minimum Gasteiger partial charge on any atom is -0.368 e. The smallest absolute Gasteiger partial charge is 0.368 e. The number of aryl methyl sites for hydroxylation is 1. The Bertz CT molecular complexity index is 1400. The zero-order valence-electron chi connectivity index (χ0n) is 21.0. The van der Waals surface area contributed by atoms with E-state index in [4.69, 9.17) is 0 Å². The van der Waals surface area contributed by atoms with Gasteiger partial charge >= 0.3 is 12.4 Å². The van der Waals surface area contributed by atoms with Gasteiger partial charge in [-0.05, 0) is 107 Å². The van der Waals surface area contributed by atoms with E-state index in [1.54, 1.807) is 0 Å². The molecule has 0 saturated carbocycles. The van der Waals surface area contributed by atoms with E-state index in [0.29, 0.717) is 19.3 Å². The third kappa shape index (κ3) is 5.97. The Morgan fingerprint density at radius 1 is 0.615 bits per heavy atom. The summed E-state index contributed by atoms with van der Waals surface area (Å²) in [6.07, 6.45) is 5.40. The average molecular weight is 540 g/mol. The molecule has 0 spiro atoms. The Kier molecular flexibility index (Phi) is 7.43. The van der Waals surface area contributed by atoms with Crippen LogP contribution in [0.4, 0.5) is 26.3 Å². The molecule has 7 heteroatoms. The molecule has 6 rings (SSSR count). The lowest BCUT2D eigenvalue weighted by Gasteiger charge is -2.31. The van der Waals surface area contributed by atoms with E-state index in [0.717, 1.165) is 30.5 Å². The summed E-state index contributed by atoms with van der Waals surface area (Å²) in [6, 6.07) is 14.3. The molecule has 39 heavy (non-hydrogen) atoms. The van der Waals surface area contributed by atoms with Crippen molar-refractivity contribution in [2.75, 3.05) is 0 Å². The summed E-state index contributed by atoms with van der Waals surface area (Å²) in [5, 5.41) is 2.92. The highest BCUT2D eigenvalue weighted by molar-refractivity contribution is 5.75. The van der Waals surface area contributed by atoms with Crippen molar-refractivity contribution in [3.05, 3.63) is 130 Å². The van der Waals surface area contributed by atoms with Gasteiger partial charge in [0.05, 0.1) is 11.1 Å². The van der Waals surface area contributed by atoms with Crippen LogP contribution in [0.5, 0.6) is 0 Å². The minimum absolute atomic E-state index is 0.112. The number of halogens is 6. The zero-order chi connectivity index (χ0) is 27.6. The second kappa shape index (κ2) is 10.8. The van der Waals surface area contributed by atoms with Crippen LogP contribution in [0.15, 0.2) is 91.3 Å². The maximum absolute atomic E-state index is 13.3. The number of benzene rings is 3. The Morgan fingerprint density at radius 2 is 1.28 bits per heavy atom. The lowest BCUT2D eigenvalue weighted by atomic mass is 9.74. The van der Waals surface area contributed by atoms with Crippen LogP contribution in [-0.4, -0.2) is 0 Å². The number of nitrogens with one attached hydrogen (secondary N) is 1. The minimum atomic E-state index is -4.82. The topological polar surface area (TPSA) is 12.0 Å². The molecule has 0 amide bonds. The van der Waals surface area contributed by atoms with E-state index >= 15 is 0 Å². The van der Waals surface area contributed by atoms with Crippen molar-refractivity contribution in [1.29, 1.82) is 0 Å². The third-order valence-electron chi connectivity index (χ3n) is 7.49. The van der Waals surface area contributed by atoms with Crippen molar-refractivity contribution in [2.45, 2.75) is 50.4 Å². The van der Waals surface area contributed by atoms with Crippen LogP contribution in [0.3, 0.4) is 0 Å². The normalized spacial score (nSPS) is 17.6. The van der Waals surface area contributed by atoms with Crippen LogP contribution in [0, 0.1) is 0 Å². The van der Waals surface area contributed by atoms with Crippen LogP contribution in [0.25, 0.3) is 11.1 Å². The molecular formula is C32H27F6N. The fourth-order valence-electron chi connectivity index (χ4n) is 5.63. The summed E-state index contributed by atoms with van der Waals surface area (Å²) >= 11 is 0. The largest absolute Gasteiger partial charge is 0.416 e. The van der Waals surface area contributed by atoms with Crippen molar-refractivity contribution < 1.29 is 26.3 Å². The molecule has 1 N–H and O–H groups in total. The molecule has 1 heterocycles. The van der Waals surface area contributed by atoms with Gasteiger partial charge in [-0.1, -0.05) is 48.6 Å². The van der Waals surface area contributed by atoms with E-state index in [-0.39, 0.29) is 17.5 Å². The number of fused-ring (bicyclic) bond motifs is 5. The Labute approximate surface area is 223 Å². The van der Waals surface area contributed by atoms with Crippen molar-refractivity contribution in [3.63, 3.8) is 0 Å². The molecule has 1 atom stereocenters. The van der Waals surface area contributed by atoms with Gasteiger partial charge in [0.25, 0.3) is 0 Å². The van der Waals surface area contributed by atoms with Gasteiger partial charge in [0.2, 0.25) is 0 Å². The summed E-state index contributed by atoms with van der Waals surface area (Å²) in [7, 11) is 0. The third-order valence-corrected chi connectivity index (χ3v) is 7.49. The summed E-state index contributed by atoms with van der Waals surface area (Å²) in [6.45, 7) is 0. The molecule has 0 saturated heterocycles. The Hall–Kier alpha value is -3.74. The monoisotopic (exact) mass is 539 g/mol. The van der Waals surface area contributed by atoms with E-state index in [2.05, 4.69) is 23.5 Å². The van der Waals surface area contributed by atoms with Gasteiger partial charge in [0.1, 0.15) is 0 Å². The van der Waals surface area contributed by atoms with E-state index in [1.807, 2.05) is 54.9 Å². The zero-order valence-corrected chi connectivity index (χ0v) is 21.0. The van der Waals surface area contributed by atoms with Crippen LogP contribution in [0.2, 0.25) is 0 Å². The number of hydrogen-bond acceptors (Lipinski definition) is 1. The van der Waals surface area contributed by atoms with E-state index in [1.165, 1.54) is 27.8 Å². The molecular weight excluding hydrogens is 512 g/mol. The molecule has 3 aromatic carbocycles. The molecule has 1 unspecified atom stereocenters. The molecule has 0 bridgehead atoms. The summed E-state index contributed by atoms with van der Waals surface area (Å²) < 4.78 is 79.7. The molecule has 3 aromatic rings. The van der Waals surface area contributed by atoms with Crippen molar-refractivity contribution in [3.8, 4) is 11.1 Å². The number of allylic oxidation sites excluding steroid dienone is 4. The highest BCUT2D eigenvalue weighted by Crippen LogP contribution is 2.43. The molecule has 3 aliphatic rings. The van der Waals surface area contributed by atoms with Crippen molar-refractivity contribution in [1.82, 2.24) is 5.32 Å². The fourth-order valence-corrected chi connectivity index (χ4v) is 5.63. The van der Waals surface area contributed by atoms with Gasteiger partial charge < -0.3 is 5.32 Å². The van der Waals surface area contributed by atoms with Crippen LogP contribution in [-0.2, 0) is 38.0 Å². The van der Waals surface area contributed by atoms with Crippen molar-refractivity contribution >= 4 is 0 Å². The van der Waals surface area contributed by atoms with Gasteiger partial charge in [0.15, 0.2) is 0 Å². The molecule has 202 valence electrons. The summed E-state index contributed by atoms with van der Waals surface area (Å²) in [5.41, 5.74) is 4.87. The maximum Gasteiger partial charge on any atom is 0.416 e. The van der Waals surface area contributed by atoms with Gasteiger partial charge in [0, 0.05) is 12.4 Å². The number of rotatable bonds is 1. The first-order chi connectivity index (χ1) is 18.6. The molecule has 2 aliphatic carbocycles. The molecule has 0 aromatic heterocycles. The second-order valence-electron chi connectivity index (χ2n) is 9.94. The van der Waals surface area contributed by atoms with Crippen LogP contribution < -0.4 is 5.32 Å². The fraction of sp³-hybridized carbons (Fsp3) is 0.250.